The summed E-state index contributed by atoms with van der Waals surface area (Å²) in [5, 5.41) is 11.7. The lowest BCUT2D eigenvalue weighted by atomic mass is 10.5. The summed E-state index contributed by atoms with van der Waals surface area (Å²) in [6, 6.07) is 0. The van der Waals surface area contributed by atoms with Crippen LogP contribution in [0.3, 0.4) is 0 Å². The lowest BCUT2D eigenvalue weighted by Gasteiger charge is -2.11. The Balaban J connectivity index is 2.31. The van der Waals surface area contributed by atoms with Gasteiger partial charge in [-0.05, 0) is 0 Å². The van der Waals surface area contributed by atoms with E-state index in [-0.39, 0.29) is 12.5 Å². The summed E-state index contributed by atoms with van der Waals surface area (Å²) >= 11 is 1.58. The van der Waals surface area contributed by atoms with Crippen molar-refractivity contribution in [3.05, 3.63) is 11.1 Å². The maximum atomic E-state index is 11.6. The van der Waals surface area contributed by atoms with E-state index in [1.54, 1.807) is 25.5 Å². The molecule has 0 bridgehead atoms. The molecule has 1 rings (SSSR count). The fourth-order valence-corrected chi connectivity index (χ4v) is 2.26. The van der Waals surface area contributed by atoms with Crippen molar-refractivity contribution in [2.75, 3.05) is 52.8 Å². The van der Waals surface area contributed by atoms with E-state index in [1.165, 1.54) is 0 Å². The molecule has 0 saturated carbocycles. The second-order valence-electron chi connectivity index (χ2n) is 4.64. The predicted molar refractivity (Wildman–Crippen MR) is 89.5 cm³/mol. The van der Waals surface area contributed by atoms with Gasteiger partial charge in [0.15, 0.2) is 11.1 Å². The number of aliphatic imine (C=N–C) groups is 1. The van der Waals surface area contributed by atoms with Crippen LogP contribution < -0.4 is 20.9 Å². The van der Waals surface area contributed by atoms with Crippen LogP contribution >= 0.6 is 11.3 Å². The van der Waals surface area contributed by atoms with Gasteiger partial charge in [-0.25, -0.2) is 4.98 Å². The first kappa shape index (κ1) is 18.2. The number of aromatic nitrogens is 1. The topological polar surface area (TPSA) is 90.9 Å². The molecule has 9 heteroatoms. The maximum Gasteiger partial charge on any atom is 0.239 e. The van der Waals surface area contributed by atoms with E-state index in [0.29, 0.717) is 25.7 Å². The highest BCUT2D eigenvalue weighted by atomic mass is 32.1. The number of amides is 1. The van der Waals surface area contributed by atoms with Gasteiger partial charge in [0.1, 0.15) is 0 Å². The third kappa shape index (κ3) is 6.72. The molecule has 0 unspecified atom stereocenters. The van der Waals surface area contributed by atoms with E-state index >= 15 is 0 Å². The molecule has 0 saturated heterocycles. The molecule has 0 aliphatic rings. The van der Waals surface area contributed by atoms with E-state index < -0.39 is 0 Å². The number of methoxy groups -OCH3 is 1. The Morgan fingerprint density at radius 3 is 2.77 bits per heavy atom. The molecular formula is C13H24N6O2S. The zero-order valence-corrected chi connectivity index (χ0v) is 14.3. The Labute approximate surface area is 135 Å². The molecule has 0 fully saturated rings. The number of anilines is 1. The monoisotopic (exact) mass is 328 g/mol. The second-order valence-corrected chi connectivity index (χ2v) is 5.47. The highest BCUT2D eigenvalue weighted by molar-refractivity contribution is 7.13. The van der Waals surface area contributed by atoms with E-state index in [0.717, 1.165) is 10.8 Å². The van der Waals surface area contributed by atoms with Crippen LogP contribution in [-0.2, 0) is 16.1 Å². The van der Waals surface area contributed by atoms with Crippen molar-refractivity contribution in [2.45, 2.75) is 6.54 Å². The normalized spacial score (nSPS) is 11.2. The van der Waals surface area contributed by atoms with E-state index in [2.05, 4.69) is 25.9 Å². The summed E-state index contributed by atoms with van der Waals surface area (Å²) in [5.41, 5.74) is 0.932. The molecule has 0 radical (unpaired) electrons. The first-order chi connectivity index (χ1) is 10.6. The lowest BCUT2D eigenvalue weighted by molar-refractivity contribution is -0.120. The van der Waals surface area contributed by atoms with Crippen molar-refractivity contribution in [3.63, 3.8) is 0 Å². The number of hydrogen-bond donors (Lipinski definition) is 3. The van der Waals surface area contributed by atoms with Crippen LogP contribution in [0.25, 0.3) is 0 Å². The molecule has 1 aromatic rings. The number of thiazole rings is 1. The van der Waals surface area contributed by atoms with Crippen molar-refractivity contribution in [1.82, 2.24) is 20.9 Å². The summed E-state index contributed by atoms with van der Waals surface area (Å²) in [6.45, 7) is 1.70. The molecule has 1 heterocycles. The largest absolute Gasteiger partial charge is 0.383 e. The Morgan fingerprint density at radius 2 is 2.18 bits per heavy atom. The highest BCUT2D eigenvalue weighted by Crippen LogP contribution is 2.17. The number of nitrogens with zero attached hydrogens (tertiary/aromatic N) is 3. The Bertz CT molecular complexity index is 489. The second kappa shape index (κ2) is 9.96. The van der Waals surface area contributed by atoms with Gasteiger partial charge in [-0.3, -0.25) is 9.79 Å². The zero-order valence-electron chi connectivity index (χ0n) is 13.5. The van der Waals surface area contributed by atoms with Crippen LogP contribution in [0.5, 0.6) is 0 Å². The Hall–Kier alpha value is -1.87. The fourth-order valence-electron chi connectivity index (χ4n) is 1.50. The smallest absolute Gasteiger partial charge is 0.239 e. The molecular weight excluding hydrogens is 304 g/mol. The Morgan fingerprint density at radius 1 is 1.41 bits per heavy atom. The maximum absolute atomic E-state index is 11.6. The van der Waals surface area contributed by atoms with Crippen LogP contribution in [0, 0.1) is 0 Å². The van der Waals surface area contributed by atoms with Gasteiger partial charge < -0.3 is 25.6 Å². The van der Waals surface area contributed by atoms with Crippen molar-refractivity contribution in [2.24, 2.45) is 4.99 Å². The van der Waals surface area contributed by atoms with Gasteiger partial charge in [0.05, 0.1) is 25.4 Å². The van der Waals surface area contributed by atoms with Crippen LogP contribution in [-0.4, -0.2) is 64.8 Å². The summed E-state index contributed by atoms with van der Waals surface area (Å²) in [6.07, 6.45) is 0. The standard InChI is InChI=1S/C13H24N6O2S/c1-14-12(17-8-11(20)15-5-6-21-4)16-7-10-9-22-13(18-10)19(2)3/h9H,5-8H2,1-4H3,(H,15,20)(H2,14,16,17). The predicted octanol–water partition coefficient (Wildman–Crippen LogP) is -0.363. The number of carbonyl (C=O) groups is 1. The van der Waals surface area contributed by atoms with E-state index in [9.17, 15) is 4.79 Å². The van der Waals surface area contributed by atoms with Gasteiger partial charge in [-0.2, -0.15) is 0 Å². The SMILES string of the molecule is CN=C(NCC(=O)NCCOC)NCc1csc(N(C)C)n1. The van der Waals surface area contributed by atoms with Gasteiger partial charge in [0, 0.05) is 40.2 Å². The lowest BCUT2D eigenvalue weighted by Crippen LogP contribution is -2.43. The number of nitrogens with one attached hydrogen (secondary N) is 3. The fraction of sp³-hybridized carbons (Fsp3) is 0.615. The molecule has 22 heavy (non-hydrogen) atoms. The van der Waals surface area contributed by atoms with Crippen LogP contribution in [0.2, 0.25) is 0 Å². The minimum Gasteiger partial charge on any atom is -0.383 e. The van der Waals surface area contributed by atoms with Crippen LogP contribution in [0.15, 0.2) is 10.4 Å². The molecule has 0 spiro atoms. The van der Waals surface area contributed by atoms with Gasteiger partial charge in [-0.1, -0.05) is 0 Å². The van der Waals surface area contributed by atoms with Gasteiger partial charge in [0.2, 0.25) is 5.91 Å². The third-order valence-corrected chi connectivity index (χ3v) is 3.68. The summed E-state index contributed by atoms with van der Waals surface area (Å²) in [7, 11) is 7.16. The molecule has 3 N–H and O–H groups in total. The summed E-state index contributed by atoms with van der Waals surface area (Å²) in [5.74, 6) is 0.449. The van der Waals surface area contributed by atoms with Crippen molar-refractivity contribution in [3.8, 4) is 0 Å². The number of hydrogen-bond acceptors (Lipinski definition) is 6. The molecule has 1 aromatic heterocycles. The Kier molecular flexibility index (Phi) is 8.23. The van der Waals surface area contributed by atoms with Crippen molar-refractivity contribution >= 4 is 28.3 Å². The van der Waals surface area contributed by atoms with Gasteiger partial charge in [-0.15, -0.1) is 11.3 Å². The van der Waals surface area contributed by atoms with E-state index in [1.807, 2.05) is 24.4 Å². The number of carbonyl (C=O) groups excluding carboxylic acids is 1. The molecule has 0 atom stereocenters. The van der Waals surface area contributed by atoms with Crippen LogP contribution in [0.1, 0.15) is 5.69 Å². The summed E-state index contributed by atoms with van der Waals surface area (Å²) < 4.78 is 4.86. The number of ether oxygens (including phenoxy) is 1. The first-order valence-corrected chi connectivity index (χ1v) is 7.76. The number of guanidine groups is 1. The van der Waals surface area contributed by atoms with Gasteiger partial charge in [0.25, 0.3) is 0 Å². The van der Waals surface area contributed by atoms with Gasteiger partial charge >= 0.3 is 0 Å². The zero-order chi connectivity index (χ0) is 16.4. The quantitative estimate of drug-likeness (QED) is 0.343. The average Bonchev–Trinajstić information content (AvgIpc) is 2.97. The first-order valence-electron chi connectivity index (χ1n) is 6.88. The molecule has 0 aliphatic carbocycles. The van der Waals surface area contributed by atoms with Crippen LogP contribution in [0.4, 0.5) is 5.13 Å². The highest BCUT2D eigenvalue weighted by Gasteiger charge is 2.06. The molecule has 1 amide bonds. The van der Waals surface area contributed by atoms with Crippen molar-refractivity contribution < 1.29 is 9.53 Å². The molecule has 124 valence electrons. The summed E-state index contributed by atoms with van der Waals surface area (Å²) in [4.78, 5) is 22.1. The molecule has 0 aliphatic heterocycles. The van der Waals surface area contributed by atoms with Crippen molar-refractivity contribution in [1.29, 1.82) is 0 Å². The molecule has 8 nitrogen and oxygen atoms in total. The molecule has 0 aromatic carbocycles. The number of rotatable bonds is 8. The average molecular weight is 328 g/mol. The minimum atomic E-state index is -0.108. The third-order valence-electron chi connectivity index (χ3n) is 2.63. The minimum absolute atomic E-state index is 0.108. The van der Waals surface area contributed by atoms with E-state index in [4.69, 9.17) is 4.74 Å².